The molecule has 2 rings (SSSR count). The predicted molar refractivity (Wildman–Crippen MR) is 61.2 cm³/mol. The van der Waals surface area contributed by atoms with Crippen molar-refractivity contribution in [3.8, 4) is 0 Å². The van der Waals surface area contributed by atoms with Crippen LogP contribution in [0.25, 0.3) is 0 Å². The first-order valence-corrected chi connectivity index (χ1v) is 5.54. The van der Waals surface area contributed by atoms with E-state index in [1.54, 1.807) is 6.07 Å². The second kappa shape index (κ2) is 5.14. The van der Waals surface area contributed by atoms with E-state index in [9.17, 15) is 14.0 Å². The maximum atomic E-state index is 13.5. The van der Waals surface area contributed by atoms with Gasteiger partial charge in [-0.3, -0.25) is 9.59 Å². The highest BCUT2D eigenvalue weighted by Crippen LogP contribution is 2.14. The van der Waals surface area contributed by atoms with Gasteiger partial charge in [-0.25, -0.2) is 4.39 Å². The van der Waals surface area contributed by atoms with Gasteiger partial charge in [0.1, 0.15) is 11.9 Å². The van der Waals surface area contributed by atoms with E-state index in [0.717, 1.165) is 0 Å². The van der Waals surface area contributed by atoms with Crippen molar-refractivity contribution in [2.24, 2.45) is 5.73 Å². The van der Waals surface area contributed by atoms with Crippen molar-refractivity contribution in [2.75, 3.05) is 19.8 Å². The van der Waals surface area contributed by atoms with Gasteiger partial charge in [0.2, 0.25) is 5.91 Å². The summed E-state index contributed by atoms with van der Waals surface area (Å²) >= 11 is 0. The highest BCUT2D eigenvalue weighted by molar-refractivity contribution is 5.97. The lowest BCUT2D eigenvalue weighted by molar-refractivity contribution is -0.127. The zero-order chi connectivity index (χ0) is 13.1. The number of primary amides is 1. The molecule has 0 aliphatic carbocycles. The molecular formula is C12H13FN2O3. The topological polar surface area (TPSA) is 72.6 Å². The maximum absolute atomic E-state index is 13.5. The molecule has 0 saturated carbocycles. The van der Waals surface area contributed by atoms with Crippen LogP contribution in [0.5, 0.6) is 0 Å². The number of hydrogen-bond donors (Lipinski definition) is 1. The summed E-state index contributed by atoms with van der Waals surface area (Å²) in [5.41, 5.74) is 5.14. The smallest absolute Gasteiger partial charge is 0.257 e. The highest BCUT2D eigenvalue weighted by atomic mass is 19.1. The second-order valence-corrected chi connectivity index (χ2v) is 3.97. The first-order valence-electron chi connectivity index (χ1n) is 5.54. The lowest BCUT2D eigenvalue weighted by Gasteiger charge is -2.33. The molecule has 5 nitrogen and oxygen atoms in total. The van der Waals surface area contributed by atoms with E-state index in [-0.39, 0.29) is 18.7 Å². The number of ether oxygens (including phenoxy) is 1. The first-order chi connectivity index (χ1) is 8.61. The van der Waals surface area contributed by atoms with Gasteiger partial charge in [-0.05, 0) is 12.1 Å². The predicted octanol–water partition coefficient (Wildman–Crippen LogP) is 0.152. The molecule has 1 atom stereocenters. The van der Waals surface area contributed by atoms with Crippen molar-refractivity contribution >= 4 is 11.8 Å². The maximum Gasteiger partial charge on any atom is 0.257 e. The van der Waals surface area contributed by atoms with Crippen LogP contribution in [0, 0.1) is 5.82 Å². The fourth-order valence-electron chi connectivity index (χ4n) is 1.87. The molecule has 1 fully saturated rings. The van der Waals surface area contributed by atoms with E-state index in [0.29, 0.717) is 6.61 Å². The molecule has 96 valence electrons. The van der Waals surface area contributed by atoms with Gasteiger partial charge in [-0.15, -0.1) is 0 Å². The van der Waals surface area contributed by atoms with E-state index in [1.807, 2.05) is 0 Å². The van der Waals surface area contributed by atoms with Gasteiger partial charge in [-0.1, -0.05) is 12.1 Å². The number of carbonyl (C=O) groups is 2. The van der Waals surface area contributed by atoms with Crippen molar-refractivity contribution in [1.29, 1.82) is 0 Å². The van der Waals surface area contributed by atoms with Crippen LogP contribution in [0.2, 0.25) is 0 Å². The molecule has 1 aromatic rings. The van der Waals surface area contributed by atoms with Crippen molar-refractivity contribution in [3.05, 3.63) is 35.6 Å². The van der Waals surface area contributed by atoms with Crippen LogP contribution in [0.4, 0.5) is 4.39 Å². The van der Waals surface area contributed by atoms with Crippen LogP contribution < -0.4 is 5.73 Å². The summed E-state index contributed by atoms with van der Waals surface area (Å²) in [6.07, 6.45) is 0. The number of benzene rings is 1. The molecule has 1 aromatic carbocycles. The zero-order valence-corrected chi connectivity index (χ0v) is 9.64. The Balaban J connectivity index is 2.27. The molecule has 1 aliphatic rings. The minimum absolute atomic E-state index is 0.0511. The van der Waals surface area contributed by atoms with E-state index < -0.39 is 23.7 Å². The van der Waals surface area contributed by atoms with Gasteiger partial charge < -0.3 is 15.4 Å². The van der Waals surface area contributed by atoms with E-state index in [1.165, 1.54) is 23.1 Å². The van der Waals surface area contributed by atoms with Gasteiger partial charge in [0.25, 0.3) is 5.91 Å². The van der Waals surface area contributed by atoms with Crippen LogP contribution in [-0.2, 0) is 9.53 Å². The minimum Gasteiger partial charge on any atom is -0.377 e. The molecule has 0 bridgehead atoms. The summed E-state index contributed by atoms with van der Waals surface area (Å²) in [7, 11) is 0. The molecule has 2 N–H and O–H groups in total. The van der Waals surface area contributed by atoms with Gasteiger partial charge in [0.15, 0.2) is 0 Å². The molecule has 1 aliphatic heterocycles. The summed E-state index contributed by atoms with van der Waals surface area (Å²) in [5, 5.41) is 0. The second-order valence-electron chi connectivity index (χ2n) is 3.97. The van der Waals surface area contributed by atoms with Crippen LogP contribution >= 0.6 is 0 Å². The molecule has 6 heteroatoms. The van der Waals surface area contributed by atoms with Crippen molar-refractivity contribution in [3.63, 3.8) is 0 Å². The van der Waals surface area contributed by atoms with Gasteiger partial charge in [-0.2, -0.15) is 0 Å². The van der Waals surface area contributed by atoms with Crippen molar-refractivity contribution in [1.82, 2.24) is 4.90 Å². The summed E-state index contributed by atoms with van der Waals surface area (Å²) in [6, 6.07) is 4.80. The summed E-state index contributed by atoms with van der Waals surface area (Å²) in [5.74, 6) is -1.81. The quantitative estimate of drug-likeness (QED) is 0.814. The molecule has 2 amide bonds. The molecule has 0 radical (unpaired) electrons. The summed E-state index contributed by atoms with van der Waals surface area (Å²) < 4.78 is 18.6. The number of nitrogens with two attached hydrogens (primary N) is 1. The fourth-order valence-corrected chi connectivity index (χ4v) is 1.87. The summed E-state index contributed by atoms with van der Waals surface area (Å²) in [4.78, 5) is 24.7. The Morgan fingerprint density at radius 1 is 1.39 bits per heavy atom. The third-order valence-electron chi connectivity index (χ3n) is 2.82. The third-order valence-corrected chi connectivity index (χ3v) is 2.82. The lowest BCUT2D eigenvalue weighted by Crippen LogP contribution is -2.54. The van der Waals surface area contributed by atoms with Crippen LogP contribution in [0.1, 0.15) is 10.4 Å². The number of rotatable bonds is 2. The van der Waals surface area contributed by atoms with Gasteiger partial charge in [0.05, 0.1) is 18.8 Å². The largest absolute Gasteiger partial charge is 0.377 e. The van der Waals surface area contributed by atoms with E-state index in [4.69, 9.17) is 10.5 Å². The number of hydrogen-bond acceptors (Lipinski definition) is 3. The van der Waals surface area contributed by atoms with Crippen molar-refractivity contribution in [2.45, 2.75) is 6.04 Å². The number of amides is 2. The molecule has 18 heavy (non-hydrogen) atoms. The number of nitrogens with zero attached hydrogens (tertiary/aromatic N) is 1. The first kappa shape index (κ1) is 12.5. The summed E-state index contributed by atoms with van der Waals surface area (Å²) in [6.45, 7) is 0.584. The molecule has 1 saturated heterocycles. The minimum atomic E-state index is -0.842. The molecule has 0 spiro atoms. The highest BCUT2D eigenvalue weighted by Gasteiger charge is 2.32. The average molecular weight is 252 g/mol. The Kier molecular flexibility index (Phi) is 3.57. The average Bonchev–Trinajstić information content (AvgIpc) is 2.38. The monoisotopic (exact) mass is 252 g/mol. The van der Waals surface area contributed by atoms with Crippen LogP contribution in [-0.4, -0.2) is 42.5 Å². The fraction of sp³-hybridized carbons (Fsp3) is 0.333. The van der Waals surface area contributed by atoms with Gasteiger partial charge in [0, 0.05) is 6.54 Å². The zero-order valence-electron chi connectivity index (χ0n) is 9.64. The van der Waals surface area contributed by atoms with Crippen molar-refractivity contribution < 1.29 is 18.7 Å². The molecule has 1 heterocycles. The Morgan fingerprint density at radius 2 is 2.11 bits per heavy atom. The Morgan fingerprint density at radius 3 is 2.78 bits per heavy atom. The van der Waals surface area contributed by atoms with Crippen LogP contribution in [0.15, 0.2) is 24.3 Å². The number of carbonyl (C=O) groups excluding carboxylic acids is 2. The molecular weight excluding hydrogens is 239 g/mol. The molecule has 1 unspecified atom stereocenters. The Bertz CT molecular complexity index is 478. The SMILES string of the molecule is NC(=O)C1COCCN1C(=O)c1ccccc1F. The number of morpholine rings is 1. The molecule has 0 aromatic heterocycles. The standard InChI is InChI=1S/C12H13FN2O3/c13-9-4-2-1-3-8(9)12(17)15-5-6-18-7-10(15)11(14)16/h1-4,10H,5-7H2,(H2,14,16). The lowest BCUT2D eigenvalue weighted by atomic mass is 10.1. The van der Waals surface area contributed by atoms with E-state index >= 15 is 0 Å². The number of halogens is 1. The Labute approximate surface area is 103 Å². The normalized spacial score (nSPS) is 19.6. The van der Waals surface area contributed by atoms with Gasteiger partial charge >= 0.3 is 0 Å². The third kappa shape index (κ3) is 2.33. The van der Waals surface area contributed by atoms with E-state index in [2.05, 4.69) is 0 Å². The van der Waals surface area contributed by atoms with Crippen LogP contribution in [0.3, 0.4) is 0 Å². The Hall–Kier alpha value is -1.95.